The minimum absolute atomic E-state index is 0.516. The molecule has 0 aromatic carbocycles. The Morgan fingerprint density at radius 2 is 2.38 bits per heavy atom. The van der Waals surface area contributed by atoms with Crippen molar-refractivity contribution in [2.24, 2.45) is 15.7 Å². The van der Waals surface area contributed by atoms with Crippen LogP contribution >= 0.6 is 0 Å². The third kappa shape index (κ3) is 3.08. The van der Waals surface area contributed by atoms with Gasteiger partial charge in [0.1, 0.15) is 0 Å². The Morgan fingerprint density at radius 3 is 2.75 bits per heavy atom. The first-order chi connectivity index (χ1) is 3.81. The molecule has 0 amide bonds. The molecule has 0 rings (SSSR count). The van der Waals surface area contributed by atoms with Crippen molar-refractivity contribution in [1.82, 2.24) is 0 Å². The van der Waals surface area contributed by atoms with E-state index in [1.165, 1.54) is 12.4 Å². The normalized spacial score (nSPS) is 12.4. The molecule has 0 saturated carbocycles. The zero-order valence-electron chi connectivity index (χ0n) is 4.83. The molecule has 3 heteroatoms. The molecule has 0 aliphatic carbocycles. The monoisotopic (exact) mass is 111 g/mol. The molecule has 0 spiro atoms. The molecular formula is C5H9N3. The molecule has 0 saturated heterocycles. The van der Waals surface area contributed by atoms with Crippen LogP contribution in [0, 0.1) is 0 Å². The van der Waals surface area contributed by atoms with Crippen molar-refractivity contribution in [2.45, 2.75) is 0 Å². The summed E-state index contributed by atoms with van der Waals surface area (Å²) >= 11 is 0. The topological polar surface area (TPSA) is 50.7 Å². The minimum atomic E-state index is 0.516. The van der Waals surface area contributed by atoms with Gasteiger partial charge in [-0.3, -0.25) is 9.98 Å². The molecule has 0 atom stereocenters. The average Bonchev–Trinajstić information content (AvgIpc) is 1.68. The van der Waals surface area contributed by atoms with E-state index in [4.69, 9.17) is 5.73 Å². The first-order valence-electron chi connectivity index (χ1n) is 2.15. The largest absolute Gasteiger partial charge is 0.396 e. The maximum atomic E-state index is 5.27. The standard InChI is InChI=1S/C5H9N3/c1-7-3-5(6)4-8-2/h3-4H,1,6H2,2H3/b5-3+,8-4-. The Kier molecular flexibility index (Phi) is 3.48. The molecule has 0 unspecified atom stereocenters. The Balaban J connectivity index is 3.79. The molecule has 0 aromatic rings. The molecule has 0 radical (unpaired) electrons. The highest BCUT2D eigenvalue weighted by Gasteiger charge is 1.74. The molecular weight excluding hydrogens is 102 g/mol. The number of rotatable bonds is 2. The number of hydrogen-bond donors (Lipinski definition) is 1. The van der Waals surface area contributed by atoms with Gasteiger partial charge >= 0.3 is 0 Å². The summed E-state index contributed by atoms with van der Waals surface area (Å²) in [6.45, 7) is 3.21. The van der Waals surface area contributed by atoms with Crippen LogP contribution in [0.5, 0.6) is 0 Å². The predicted molar refractivity (Wildman–Crippen MR) is 36.2 cm³/mol. The molecule has 44 valence electrons. The van der Waals surface area contributed by atoms with E-state index in [2.05, 4.69) is 16.7 Å². The molecule has 0 aliphatic rings. The van der Waals surface area contributed by atoms with Gasteiger partial charge in [0.2, 0.25) is 0 Å². The lowest BCUT2D eigenvalue weighted by molar-refractivity contribution is 1.39. The highest BCUT2D eigenvalue weighted by atomic mass is 14.7. The zero-order chi connectivity index (χ0) is 6.41. The Labute approximate surface area is 48.6 Å². The molecule has 0 bridgehead atoms. The quantitative estimate of drug-likeness (QED) is 0.508. The molecule has 3 nitrogen and oxygen atoms in total. The lowest BCUT2D eigenvalue weighted by Crippen LogP contribution is -1.96. The van der Waals surface area contributed by atoms with Gasteiger partial charge in [0.15, 0.2) is 0 Å². The zero-order valence-corrected chi connectivity index (χ0v) is 4.83. The maximum absolute atomic E-state index is 5.27. The van der Waals surface area contributed by atoms with Gasteiger partial charge in [0.05, 0.1) is 11.9 Å². The Bertz CT molecular complexity index is 124. The van der Waals surface area contributed by atoms with Gasteiger partial charge in [-0.2, -0.15) is 0 Å². The second-order valence-corrected chi connectivity index (χ2v) is 1.20. The Morgan fingerprint density at radius 1 is 1.75 bits per heavy atom. The van der Waals surface area contributed by atoms with Gasteiger partial charge < -0.3 is 5.73 Å². The molecule has 0 aliphatic heterocycles. The molecule has 0 fully saturated rings. The van der Waals surface area contributed by atoms with Gasteiger partial charge in [-0.25, -0.2) is 0 Å². The summed E-state index contributed by atoms with van der Waals surface area (Å²) in [5, 5.41) is 0. The highest BCUT2D eigenvalue weighted by molar-refractivity contribution is 5.76. The highest BCUT2D eigenvalue weighted by Crippen LogP contribution is 1.76. The van der Waals surface area contributed by atoms with Crippen LogP contribution in [-0.2, 0) is 0 Å². The van der Waals surface area contributed by atoms with E-state index in [0.29, 0.717) is 5.70 Å². The summed E-state index contributed by atoms with van der Waals surface area (Å²) in [6, 6.07) is 0. The lowest BCUT2D eigenvalue weighted by Gasteiger charge is -1.82. The van der Waals surface area contributed by atoms with Crippen LogP contribution in [0.1, 0.15) is 0 Å². The summed E-state index contributed by atoms with van der Waals surface area (Å²) < 4.78 is 0. The fourth-order valence-corrected chi connectivity index (χ4v) is 0.288. The number of hydrogen-bond acceptors (Lipinski definition) is 3. The van der Waals surface area contributed by atoms with E-state index in [-0.39, 0.29) is 0 Å². The summed E-state index contributed by atoms with van der Waals surface area (Å²) in [7, 11) is 1.64. The van der Waals surface area contributed by atoms with E-state index in [1.54, 1.807) is 7.05 Å². The summed E-state index contributed by atoms with van der Waals surface area (Å²) in [6.07, 6.45) is 2.95. The van der Waals surface area contributed by atoms with Crippen molar-refractivity contribution in [3.05, 3.63) is 11.9 Å². The molecule has 0 aromatic heterocycles. The SMILES string of the molecule is C=N/C=C(N)\C=N/C. The smallest absolute Gasteiger partial charge is 0.0681 e. The lowest BCUT2D eigenvalue weighted by atomic mass is 10.5. The van der Waals surface area contributed by atoms with Crippen molar-refractivity contribution >= 4 is 12.9 Å². The fraction of sp³-hybridized carbons (Fsp3) is 0.200. The first kappa shape index (κ1) is 6.88. The van der Waals surface area contributed by atoms with Crippen LogP contribution < -0.4 is 5.73 Å². The van der Waals surface area contributed by atoms with Gasteiger partial charge in [0, 0.05) is 13.3 Å². The van der Waals surface area contributed by atoms with E-state index in [1.807, 2.05) is 0 Å². The molecule has 8 heavy (non-hydrogen) atoms. The summed E-state index contributed by atoms with van der Waals surface area (Å²) in [5.74, 6) is 0. The number of nitrogens with two attached hydrogens (primary N) is 1. The fourth-order valence-electron chi connectivity index (χ4n) is 0.288. The molecule has 0 heterocycles. The van der Waals surface area contributed by atoms with E-state index in [0.717, 1.165) is 0 Å². The van der Waals surface area contributed by atoms with Crippen LogP contribution in [0.2, 0.25) is 0 Å². The van der Waals surface area contributed by atoms with E-state index in [9.17, 15) is 0 Å². The average molecular weight is 111 g/mol. The van der Waals surface area contributed by atoms with Crippen molar-refractivity contribution < 1.29 is 0 Å². The Hall–Kier alpha value is -1.12. The van der Waals surface area contributed by atoms with Crippen LogP contribution in [-0.4, -0.2) is 20.0 Å². The first-order valence-corrected chi connectivity index (χ1v) is 2.15. The van der Waals surface area contributed by atoms with Crippen molar-refractivity contribution in [2.75, 3.05) is 7.05 Å². The van der Waals surface area contributed by atoms with Gasteiger partial charge in [-0.1, -0.05) is 0 Å². The van der Waals surface area contributed by atoms with Gasteiger partial charge in [-0.05, 0) is 6.72 Å². The van der Waals surface area contributed by atoms with Crippen molar-refractivity contribution in [1.29, 1.82) is 0 Å². The van der Waals surface area contributed by atoms with Crippen LogP contribution in [0.25, 0.3) is 0 Å². The summed E-state index contributed by atoms with van der Waals surface area (Å²) in [4.78, 5) is 7.07. The number of nitrogens with zero attached hydrogens (tertiary/aromatic N) is 2. The third-order valence-corrected chi connectivity index (χ3v) is 0.519. The summed E-state index contributed by atoms with van der Waals surface area (Å²) in [5.41, 5.74) is 5.79. The molecule has 2 N–H and O–H groups in total. The van der Waals surface area contributed by atoms with E-state index < -0.39 is 0 Å². The second kappa shape index (κ2) is 4.05. The van der Waals surface area contributed by atoms with Crippen molar-refractivity contribution in [3.63, 3.8) is 0 Å². The minimum Gasteiger partial charge on any atom is -0.396 e. The van der Waals surface area contributed by atoms with Crippen molar-refractivity contribution in [3.8, 4) is 0 Å². The van der Waals surface area contributed by atoms with Crippen LogP contribution in [0.3, 0.4) is 0 Å². The van der Waals surface area contributed by atoms with Crippen LogP contribution in [0.4, 0.5) is 0 Å². The van der Waals surface area contributed by atoms with Gasteiger partial charge in [-0.15, -0.1) is 0 Å². The number of aliphatic imine (C=N–C) groups is 2. The second-order valence-electron chi connectivity index (χ2n) is 1.20. The van der Waals surface area contributed by atoms with Crippen LogP contribution in [0.15, 0.2) is 21.9 Å². The third-order valence-electron chi connectivity index (χ3n) is 0.519. The van der Waals surface area contributed by atoms with Gasteiger partial charge in [0.25, 0.3) is 0 Å². The predicted octanol–water partition coefficient (Wildman–Crippen LogP) is 0.188. The van der Waals surface area contributed by atoms with E-state index >= 15 is 0 Å². The maximum Gasteiger partial charge on any atom is 0.0681 e. The number of allylic oxidation sites excluding steroid dienone is 1.